The Kier molecular flexibility index (Phi) is 17.2. The van der Waals surface area contributed by atoms with E-state index in [0.29, 0.717) is 11.7 Å². The molecule has 0 aliphatic heterocycles. The highest BCUT2D eigenvalue weighted by Crippen LogP contribution is 2.34. The van der Waals surface area contributed by atoms with Gasteiger partial charge in [-0.15, -0.1) is 0 Å². The lowest BCUT2D eigenvalue weighted by Gasteiger charge is -2.08. The molecule has 0 spiro atoms. The Morgan fingerprint density at radius 2 is 1.58 bits per heavy atom. The third kappa shape index (κ3) is 16.0. The van der Waals surface area contributed by atoms with Crippen LogP contribution in [-0.4, -0.2) is 5.78 Å². The van der Waals surface area contributed by atoms with Crippen molar-refractivity contribution in [3.05, 3.63) is 48.1 Å². The molecule has 2 atom stereocenters. The molecule has 1 aliphatic rings. The Bertz CT molecular complexity index is 563. The quantitative estimate of drug-likeness (QED) is 0.157. The van der Waals surface area contributed by atoms with E-state index in [1.54, 1.807) is 5.57 Å². The smallest absolute Gasteiger partial charge is 0.132 e. The van der Waals surface area contributed by atoms with Gasteiger partial charge < -0.3 is 0 Å². The van der Waals surface area contributed by atoms with Crippen molar-refractivity contribution < 1.29 is 4.79 Å². The first-order valence-corrected chi connectivity index (χ1v) is 13.3. The van der Waals surface area contributed by atoms with Crippen LogP contribution >= 0.6 is 0 Å². The van der Waals surface area contributed by atoms with E-state index in [4.69, 9.17) is 0 Å². The van der Waals surface area contributed by atoms with Gasteiger partial charge in [-0.2, -0.15) is 0 Å². The molecule has 0 radical (unpaired) electrons. The van der Waals surface area contributed by atoms with Crippen LogP contribution in [-0.2, 0) is 4.79 Å². The highest BCUT2D eigenvalue weighted by Gasteiger charge is 2.18. The number of hydrogen-bond donors (Lipinski definition) is 0. The van der Waals surface area contributed by atoms with Crippen LogP contribution in [0.5, 0.6) is 0 Å². The van der Waals surface area contributed by atoms with Crippen LogP contribution in [0.15, 0.2) is 48.1 Å². The molecule has 0 aromatic heterocycles. The van der Waals surface area contributed by atoms with Gasteiger partial charge in [-0.1, -0.05) is 101 Å². The molecule has 0 aromatic carbocycles. The number of carbonyl (C=O) groups excluding carboxylic acids is 1. The zero-order valence-electron chi connectivity index (χ0n) is 20.9. The van der Waals surface area contributed by atoms with Crippen LogP contribution in [0.1, 0.15) is 124 Å². The zero-order chi connectivity index (χ0) is 22.6. The average molecular weight is 427 g/mol. The van der Waals surface area contributed by atoms with Crippen molar-refractivity contribution in [3.63, 3.8) is 0 Å². The van der Waals surface area contributed by atoms with Crippen molar-refractivity contribution in [2.75, 3.05) is 0 Å². The van der Waals surface area contributed by atoms with Gasteiger partial charge in [0.05, 0.1) is 0 Å². The Labute approximate surface area is 194 Å². The molecule has 1 saturated carbocycles. The number of rotatable bonds is 18. The topological polar surface area (TPSA) is 17.1 Å². The van der Waals surface area contributed by atoms with E-state index in [9.17, 15) is 4.79 Å². The molecule has 0 amide bonds. The van der Waals surface area contributed by atoms with E-state index in [0.717, 1.165) is 57.3 Å². The third-order valence-corrected chi connectivity index (χ3v) is 6.68. The number of ketones is 1. The van der Waals surface area contributed by atoms with Gasteiger partial charge in [-0.05, 0) is 69.6 Å². The molecule has 2 unspecified atom stereocenters. The number of hydrogen-bond acceptors (Lipinski definition) is 1. The fourth-order valence-corrected chi connectivity index (χ4v) is 4.28. The largest absolute Gasteiger partial charge is 0.300 e. The molecule has 1 nitrogen and oxygen atoms in total. The minimum absolute atomic E-state index is 0.486. The van der Waals surface area contributed by atoms with Crippen LogP contribution < -0.4 is 0 Å². The molecular weight excluding hydrogens is 376 g/mol. The predicted octanol–water partition coefficient (Wildman–Crippen LogP) is 9.70. The highest BCUT2D eigenvalue weighted by molar-refractivity contribution is 5.78. The van der Waals surface area contributed by atoms with Crippen LogP contribution in [0.4, 0.5) is 0 Å². The van der Waals surface area contributed by atoms with E-state index >= 15 is 0 Å². The summed E-state index contributed by atoms with van der Waals surface area (Å²) < 4.78 is 0. The van der Waals surface area contributed by atoms with E-state index in [2.05, 4.69) is 63.3 Å². The van der Waals surface area contributed by atoms with Gasteiger partial charge in [-0.25, -0.2) is 0 Å². The second kappa shape index (κ2) is 19.3. The predicted molar refractivity (Wildman–Crippen MR) is 138 cm³/mol. The van der Waals surface area contributed by atoms with E-state index in [-0.39, 0.29) is 0 Å². The molecule has 176 valence electrons. The van der Waals surface area contributed by atoms with Gasteiger partial charge in [0.2, 0.25) is 0 Å². The summed E-state index contributed by atoms with van der Waals surface area (Å²) >= 11 is 0. The van der Waals surface area contributed by atoms with Gasteiger partial charge >= 0.3 is 0 Å². The average Bonchev–Trinajstić information content (AvgIpc) is 3.23. The van der Waals surface area contributed by atoms with E-state index in [1.165, 1.54) is 51.4 Å². The normalized spacial score (nSPS) is 19.5. The Hall–Kier alpha value is -1.37. The third-order valence-electron chi connectivity index (χ3n) is 6.68. The van der Waals surface area contributed by atoms with E-state index < -0.39 is 0 Å². The first kappa shape index (κ1) is 27.7. The molecule has 31 heavy (non-hydrogen) atoms. The zero-order valence-corrected chi connectivity index (χ0v) is 20.9. The van der Waals surface area contributed by atoms with Crippen molar-refractivity contribution in [1.82, 2.24) is 0 Å². The van der Waals surface area contributed by atoms with Crippen LogP contribution in [0.25, 0.3) is 0 Å². The molecule has 1 heteroatoms. The molecule has 0 heterocycles. The maximum Gasteiger partial charge on any atom is 0.132 e. The van der Waals surface area contributed by atoms with Crippen molar-refractivity contribution in [3.8, 4) is 0 Å². The van der Waals surface area contributed by atoms with Gasteiger partial charge in [0.25, 0.3) is 0 Å². The lowest BCUT2D eigenvalue weighted by atomic mass is 9.97. The fourth-order valence-electron chi connectivity index (χ4n) is 4.28. The second-order valence-electron chi connectivity index (χ2n) is 9.54. The molecule has 1 aliphatic carbocycles. The Morgan fingerprint density at radius 3 is 2.29 bits per heavy atom. The summed E-state index contributed by atoms with van der Waals surface area (Å²) in [4.78, 5) is 11.9. The Morgan fingerprint density at radius 1 is 0.903 bits per heavy atom. The van der Waals surface area contributed by atoms with Crippen LogP contribution in [0, 0.1) is 11.8 Å². The van der Waals surface area contributed by atoms with Gasteiger partial charge in [0.1, 0.15) is 5.78 Å². The van der Waals surface area contributed by atoms with E-state index in [1.807, 2.05) is 0 Å². The monoisotopic (exact) mass is 426 g/mol. The summed E-state index contributed by atoms with van der Waals surface area (Å²) in [5.74, 6) is 2.09. The maximum atomic E-state index is 11.9. The SMILES string of the molecule is CC/C=C\C/C=C\C/C=C\C/C=C1/CCC(CCCCCCC(=O)CCC(C)CC)C1. The summed E-state index contributed by atoms with van der Waals surface area (Å²) in [7, 11) is 0. The van der Waals surface area contributed by atoms with Crippen molar-refractivity contribution in [1.29, 1.82) is 0 Å². The molecule has 1 rings (SSSR count). The summed E-state index contributed by atoms with van der Waals surface area (Å²) in [6.07, 6.45) is 34.7. The first-order valence-electron chi connectivity index (χ1n) is 13.3. The molecule has 0 N–H and O–H groups in total. The number of Topliss-reactive ketones (excluding diaryl/α,β-unsaturated/α-hetero) is 1. The van der Waals surface area contributed by atoms with Crippen LogP contribution in [0.2, 0.25) is 0 Å². The maximum absolute atomic E-state index is 11.9. The lowest BCUT2D eigenvalue weighted by molar-refractivity contribution is -0.119. The minimum Gasteiger partial charge on any atom is -0.300 e. The molecule has 0 aromatic rings. The molecule has 0 saturated heterocycles. The van der Waals surface area contributed by atoms with Gasteiger partial charge in [0, 0.05) is 12.8 Å². The lowest BCUT2D eigenvalue weighted by Crippen LogP contribution is -2.01. The summed E-state index contributed by atoms with van der Waals surface area (Å²) in [5, 5.41) is 0. The summed E-state index contributed by atoms with van der Waals surface area (Å²) in [6.45, 7) is 6.64. The minimum atomic E-state index is 0.486. The molecule has 1 fully saturated rings. The highest BCUT2D eigenvalue weighted by atomic mass is 16.1. The number of unbranched alkanes of at least 4 members (excludes halogenated alkanes) is 3. The van der Waals surface area contributed by atoms with Crippen LogP contribution in [0.3, 0.4) is 0 Å². The van der Waals surface area contributed by atoms with Crippen molar-refractivity contribution >= 4 is 5.78 Å². The molecular formula is C30H50O. The fraction of sp³-hybridized carbons (Fsp3) is 0.700. The summed E-state index contributed by atoms with van der Waals surface area (Å²) in [6, 6.07) is 0. The first-order chi connectivity index (χ1) is 15.2. The van der Waals surface area contributed by atoms with Gasteiger partial charge in [0.15, 0.2) is 0 Å². The summed E-state index contributed by atoms with van der Waals surface area (Å²) in [5.41, 5.74) is 1.68. The number of allylic oxidation sites excluding steroid dienone is 8. The van der Waals surface area contributed by atoms with Crippen molar-refractivity contribution in [2.24, 2.45) is 11.8 Å². The standard InChI is InChI=1S/C30H50O/c1-4-6-7-8-9-10-11-12-13-16-19-28-23-24-29(26-28)20-17-14-15-18-21-30(31)25-22-27(3)5-2/h6-7,9-10,12-13,19,27,29H,4-5,8,11,14-18,20-26H2,1-3H3/b7-6-,10-9-,13-12-,28-19-. The Balaban J connectivity index is 2.01. The second-order valence-corrected chi connectivity index (χ2v) is 9.54. The van der Waals surface area contributed by atoms with Gasteiger partial charge in [-0.3, -0.25) is 4.79 Å². The molecule has 0 bridgehead atoms. The number of carbonyl (C=O) groups is 1. The van der Waals surface area contributed by atoms with Crippen molar-refractivity contribution in [2.45, 2.75) is 124 Å².